The standard InChI is InChI=1S/C13H20BrN3O/c1-10-11(15)9-17(13(18)12(10)14)8-4-7-16-5-2-3-6-16/h9H,2-8,15H2,1H3. The summed E-state index contributed by atoms with van der Waals surface area (Å²) < 4.78 is 2.30. The van der Waals surface area contributed by atoms with Gasteiger partial charge in [0.25, 0.3) is 5.56 Å². The number of hydrogen-bond donors (Lipinski definition) is 1. The number of hydrogen-bond acceptors (Lipinski definition) is 3. The molecule has 0 radical (unpaired) electrons. The molecule has 100 valence electrons. The first-order valence-electron chi connectivity index (χ1n) is 6.47. The number of rotatable bonds is 4. The molecule has 1 fully saturated rings. The third-order valence-corrected chi connectivity index (χ3v) is 4.51. The number of aromatic nitrogens is 1. The second-order valence-corrected chi connectivity index (χ2v) is 5.72. The predicted octanol–water partition coefficient (Wildman–Crippen LogP) is 1.99. The fraction of sp³-hybridized carbons (Fsp3) is 0.615. The van der Waals surface area contributed by atoms with Crippen molar-refractivity contribution in [3.05, 3.63) is 26.6 Å². The predicted molar refractivity (Wildman–Crippen MR) is 77.8 cm³/mol. The van der Waals surface area contributed by atoms with Crippen molar-refractivity contribution in [3.63, 3.8) is 0 Å². The van der Waals surface area contributed by atoms with Crippen molar-refractivity contribution in [1.29, 1.82) is 0 Å². The van der Waals surface area contributed by atoms with Crippen LogP contribution in [0.3, 0.4) is 0 Å². The van der Waals surface area contributed by atoms with Gasteiger partial charge in [-0.1, -0.05) is 0 Å². The summed E-state index contributed by atoms with van der Waals surface area (Å²) in [6.45, 7) is 6.06. The van der Waals surface area contributed by atoms with E-state index in [1.165, 1.54) is 25.9 Å². The van der Waals surface area contributed by atoms with Gasteiger partial charge in [-0.2, -0.15) is 0 Å². The van der Waals surface area contributed by atoms with Crippen molar-refractivity contribution < 1.29 is 0 Å². The molecular formula is C13H20BrN3O. The van der Waals surface area contributed by atoms with Gasteiger partial charge >= 0.3 is 0 Å². The molecule has 0 atom stereocenters. The van der Waals surface area contributed by atoms with Crippen molar-refractivity contribution in [2.45, 2.75) is 32.7 Å². The Morgan fingerprint density at radius 2 is 2.00 bits per heavy atom. The number of aryl methyl sites for hydroxylation is 1. The van der Waals surface area contributed by atoms with E-state index < -0.39 is 0 Å². The smallest absolute Gasteiger partial charge is 0.265 e. The minimum Gasteiger partial charge on any atom is -0.397 e. The third kappa shape index (κ3) is 2.95. The van der Waals surface area contributed by atoms with Crippen molar-refractivity contribution in [1.82, 2.24) is 9.47 Å². The Bertz CT molecular complexity index is 478. The summed E-state index contributed by atoms with van der Waals surface area (Å²) in [5.41, 5.74) is 7.40. The maximum absolute atomic E-state index is 12.0. The molecule has 18 heavy (non-hydrogen) atoms. The van der Waals surface area contributed by atoms with E-state index in [4.69, 9.17) is 5.73 Å². The summed E-state index contributed by atoms with van der Waals surface area (Å²) in [5, 5.41) is 0. The summed E-state index contributed by atoms with van der Waals surface area (Å²) >= 11 is 3.32. The highest BCUT2D eigenvalue weighted by Crippen LogP contribution is 2.17. The summed E-state index contributed by atoms with van der Waals surface area (Å²) in [5.74, 6) is 0. The summed E-state index contributed by atoms with van der Waals surface area (Å²) in [7, 11) is 0. The van der Waals surface area contributed by atoms with Crippen LogP contribution in [-0.2, 0) is 6.54 Å². The van der Waals surface area contributed by atoms with Gasteiger partial charge in [0.15, 0.2) is 0 Å². The summed E-state index contributed by atoms with van der Waals surface area (Å²) in [6, 6.07) is 0. The van der Waals surface area contributed by atoms with Crippen LogP contribution in [0.5, 0.6) is 0 Å². The van der Waals surface area contributed by atoms with Crippen LogP contribution in [-0.4, -0.2) is 29.1 Å². The van der Waals surface area contributed by atoms with Crippen molar-refractivity contribution in [2.24, 2.45) is 0 Å². The molecule has 0 amide bonds. The number of nitrogens with two attached hydrogens (primary N) is 1. The molecule has 0 aromatic carbocycles. The van der Waals surface area contributed by atoms with E-state index >= 15 is 0 Å². The van der Waals surface area contributed by atoms with Crippen LogP contribution in [0.4, 0.5) is 5.69 Å². The SMILES string of the molecule is Cc1c(N)cn(CCCN2CCCC2)c(=O)c1Br. The number of anilines is 1. The zero-order valence-corrected chi connectivity index (χ0v) is 12.4. The molecule has 4 nitrogen and oxygen atoms in total. The van der Waals surface area contributed by atoms with Crippen LogP contribution in [0.15, 0.2) is 15.5 Å². The molecule has 0 spiro atoms. The first kappa shape index (κ1) is 13.6. The molecule has 2 rings (SSSR count). The summed E-state index contributed by atoms with van der Waals surface area (Å²) in [6.07, 6.45) is 5.37. The molecule has 5 heteroatoms. The van der Waals surface area contributed by atoms with Gasteiger partial charge in [-0.15, -0.1) is 0 Å². The number of nitrogen functional groups attached to an aromatic ring is 1. The lowest BCUT2D eigenvalue weighted by Gasteiger charge is -2.15. The second kappa shape index (κ2) is 5.89. The topological polar surface area (TPSA) is 51.3 Å². The first-order chi connectivity index (χ1) is 8.59. The number of pyridine rings is 1. The van der Waals surface area contributed by atoms with E-state index in [1.807, 2.05) is 6.92 Å². The van der Waals surface area contributed by atoms with Crippen molar-refractivity contribution >= 4 is 21.6 Å². The lowest BCUT2D eigenvalue weighted by Crippen LogP contribution is -2.26. The maximum atomic E-state index is 12.0. The molecule has 1 saturated heterocycles. The highest BCUT2D eigenvalue weighted by molar-refractivity contribution is 9.10. The molecule has 1 aliphatic rings. The van der Waals surface area contributed by atoms with Crippen LogP contribution in [0.2, 0.25) is 0 Å². The second-order valence-electron chi connectivity index (χ2n) is 4.92. The molecule has 1 aromatic heterocycles. The molecule has 0 aliphatic carbocycles. The van der Waals surface area contributed by atoms with Crippen LogP contribution < -0.4 is 11.3 Å². The third-order valence-electron chi connectivity index (χ3n) is 3.58. The van der Waals surface area contributed by atoms with Crippen LogP contribution >= 0.6 is 15.9 Å². The maximum Gasteiger partial charge on any atom is 0.265 e. The van der Waals surface area contributed by atoms with E-state index in [-0.39, 0.29) is 5.56 Å². The zero-order valence-electron chi connectivity index (χ0n) is 10.8. The normalized spacial score (nSPS) is 16.3. The average molecular weight is 314 g/mol. The van der Waals surface area contributed by atoms with Crippen molar-refractivity contribution in [2.75, 3.05) is 25.4 Å². The summed E-state index contributed by atoms with van der Waals surface area (Å²) in [4.78, 5) is 14.5. The molecule has 0 unspecified atom stereocenters. The number of nitrogens with zero attached hydrogens (tertiary/aromatic N) is 2. The van der Waals surface area contributed by atoms with Gasteiger partial charge in [0.05, 0.1) is 10.2 Å². The fourth-order valence-corrected chi connectivity index (χ4v) is 2.83. The fourth-order valence-electron chi connectivity index (χ4n) is 2.37. The molecule has 2 N–H and O–H groups in total. The average Bonchev–Trinajstić information content (AvgIpc) is 2.86. The van der Waals surface area contributed by atoms with E-state index in [1.54, 1.807) is 10.8 Å². The highest BCUT2D eigenvalue weighted by atomic mass is 79.9. The highest BCUT2D eigenvalue weighted by Gasteiger charge is 2.12. The van der Waals surface area contributed by atoms with Crippen LogP contribution in [0.1, 0.15) is 24.8 Å². The van der Waals surface area contributed by atoms with Gasteiger partial charge in [0, 0.05) is 12.7 Å². The molecular weight excluding hydrogens is 294 g/mol. The number of likely N-dealkylation sites (tertiary alicyclic amines) is 1. The van der Waals surface area contributed by atoms with Gasteiger partial charge < -0.3 is 15.2 Å². The Kier molecular flexibility index (Phi) is 4.45. The molecule has 0 saturated carbocycles. The zero-order chi connectivity index (χ0) is 13.1. The molecule has 1 aliphatic heterocycles. The molecule has 2 heterocycles. The Morgan fingerprint density at radius 1 is 1.33 bits per heavy atom. The van der Waals surface area contributed by atoms with Gasteiger partial charge in [0.1, 0.15) is 0 Å². The van der Waals surface area contributed by atoms with Gasteiger partial charge in [-0.3, -0.25) is 4.79 Å². The largest absolute Gasteiger partial charge is 0.397 e. The lowest BCUT2D eigenvalue weighted by molar-refractivity contribution is 0.324. The number of halogens is 1. The minimum atomic E-state index is 0.0168. The van der Waals surface area contributed by atoms with Gasteiger partial charge in [-0.25, -0.2) is 0 Å². The minimum absolute atomic E-state index is 0.0168. The van der Waals surface area contributed by atoms with Crippen LogP contribution in [0.25, 0.3) is 0 Å². The van der Waals surface area contributed by atoms with Crippen molar-refractivity contribution in [3.8, 4) is 0 Å². The van der Waals surface area contributed by atoms with E-state index in [0.29, 0.717) is 10.2 Å². The van der Waals surface area contributed by atoms with E-state index in [0.717, 1.165) is 25.1 Å². The Morgan fingerprint density at radius 3 is 2.67 bits per heavy atom. The Balaban J connectivity index is 1.99. The lowest BCUT2D eigenvalue weighted by atomic mass is 10.2. The first-order valence-corrected chi connectivity index (χ1v) is 7.26. The Hall–Kier alpha value is -0.810. The van der Waals surface area contributed by atoms with Gasteiger partial charge in [-0.05, 0) is 67.3 Å². The molecule has 1 aromatic rings. The van der Waals surface area contributed by atoms with E-state index in [9.17, 15) is 4.79 Å². The van der Waals surface area contributed by atoms with E-state index in [2.05, 4.69) is 20.8 Å². The Labute approximate surface area is 116 Å². The quantitative estimate of drug-likeness (QED) is 0.925. The molecule has 0 bridgehead atoms. The monoisotopic (exact) mass is 313 g/mol. The van der Waals surface area contributed by atoms with Crippen LogP contribution in [0, 0.1) is 6.92 Å². The van der Waals surface area contributed by atoms with Gasteiger partial charge in [0.2, 0.25) is 0 Å².